The molecule has 2 aromatic rings. The van der Waals surface area contributed by atoms with Crippen LogP contribution >= 0.6 is 0 Å². The quantitative estimate of drug-likeness (QED) is 0.375. The number of nitro benzene ring substituents is 2. The molecule has 2 rings (SSSR count). The number of hydrogen-bond donors (Lipinski definition) is 1. The molecular formula is C14H9FN4O5. The second kappa shape index (κ2) is 7.05. The smallest absolute Gasteiger partial charge is 0.287 e. The molecule has 10 heteroatoms. The van der Waals surface area contributed by atoms with Crippen LogP contribution in [0.15, 0.2) is 47.6 Å². The Morgan fingerprint density at radius 1 is 1.08 bits per heavy atom. The van der Waals surface area contributed by atoms with Crippen LogP contribution in [0.5, 0.6) is 0 Å². The number of carbonyl (C=O) groups is 1. The van der Waals surface area contributed by atoms with Gasteiger partial charge in [-0.1, -0.05) is 0 Å². The van der Waals surface area contributed by atoms with Gasteiger partial charge in [-0.3, -0.25) is 30.4 Å². The molecule has 0 aliphatic carbocycles. The summed E-state index contributed by atoms with van der Waals surface area (Å²) in [5.74, 6) is -1.05. The van der Waals surface area contributed by atoms with E-state index < -0.39 is 32.8 Å². The van der Waals surface area contributed by atoms with E-state index in [9.17, 15) is 29.4 Å². The molecule has 9 nitrogen and oxygen atoms in total. The lowest BCUT2D eigenvalue weighted by atomic mass is 10.1. The van der Waals surface area contributed by atoms with E-state index in [4.69, 9.17) is 0 Å². The average Bonchev–Trinajstić information content (AvgIpc) is 2.55. The standard InChI is InChI=1S/C14H9FN4O5/c15-10-3-1-9(2-4-10)14(20)8-16-17-12-6-5-11(18(21)22)7-13(12)19(23)24/h1-8,17H/b16-8+. The van der Waals surface area contributed by atoms with Crippen LogP contribution in [0.2, 0.25) is 0 Å². The molecule has 122 valence electrons. The lowest BCUT2D eigenvalue weighted by molar-refractivity contribution is -0.393. The van der Waals surface area contributed by atoms with Gasteiger partial charge in [0.25, 0.3) is 5.69 Å². The predicted octanol–water partition coefficient (Wildman–Crippen LogP) is 2.92. The molecule has 0 unspecified atom stereocenters. The fourth-order valence-electron chi connectivity index (χ4n) is 1.73. The second-order valence-corrected chi connectivity index (χ2v) is 4.46. The predicted molar refractivity (Wildman–Crippen MR) is 82.6 cm³/mol. The molecule has 0 amide bonds. The fourth-order valence-corrected chi connectivity index (χ4v) is 1.73. The maximum atomic E-state index is 12.8. The van der Waals surface area contributed by atoms with E-state index in [1.807, 2.05) is 0 Å². The molecule has 0 atom stereocenters. The van der Waals surface area contributed by atoms with Crippen molar-refractivity contribution in [3.8, 4) is 0 Å². The number of rotatable bonds is 6. The van der Waals surface area contributed by atoms with Gasteiger partial charge in [-0.15, -0.1) is 0 Å². The average molecular weight is 332 g/mol. The number of hydrogen-bond acceptors (Lipinski definition) is 7. The minimum Gasteiger partial charge on any atom is -0.287 e. The molecular weight excluding hydrogens is 323 g/mol. The number of non-ortho nitro benzene ring substituents is 1. The van der Waals surface area contributed by atoms with Crippen molar-refractivity contribution in [1.82, 2.24) is 0 Å². The Labute approximate surface area is 133 Å². The van der Waals surface area contributed by atoms with E-state index in [1.165, 1.54) is 12.1 Å². The Bertz CT molecular complexity index is 836. The molecule has 0 saturated carbocycles. The summed E-state index contributed by atoms with van der Waals surface area (Å²) in [6.07, 6.45) is 0.860. The number of hydrazone groups is 1. The number of ketones is 1. The Hall–Kier alpha value is -3.69. The van der Waals surface area contributed by atoms with Gasteiger partial charge in [0, 0.05) is 11.6 Å². The van der Waals surface area contributed by atoms with Crippen molar-refractivity contribution in [2.45, 2.75) is 0 Å². The lowest BCUT2D eigenvalue weighted by Gasteiger charge is -2.01. The molecule has 0 aromatic heterocycles. The van der Waals surface area contributed by atoms with E-state index in [-0.39, 0.29) is 11.3 Å². The van der Waals surface area contributed by atoms with Gasteiger partial charge in [0.1, 0.15) is 11.5 Å². The first kappa shape index (κ1) is 16.7. The first-order valence-corrected chi connectivity index (χ1v) is 6.40. The molecule has 0 radical (unpaired) electrons. The number of Topliss-reactive ketones (excluding diaryl/α,β-unsaturated/α-hetero) is 1. The number of nitrogens with zero attached hydrogens (tertiary/aromatic N) is 3. The highest BCUT2D eigenvalue weighted by molar-refractivity contribution is 6.35. The maximum Gasteiger partial charge on any atom is 0.301 e. The molecule has 24 heavy (non-hydrogen) atoms. The molecule has 2 aromatic carbocycles. The van der Waals surface area contributed by atoms with E-state index in [0.29, 0.717) is 0 Å². The van der Waals surface area contributed by atoms with Crippen molar-refractivity contribution in [2.24, 2.45) is 5.10 Å². The third-order valence-electron chi connectivity index (χ3n) is 2.88. The van der Waals surface area contributed by atoms with E-state index in [1.54, 1.807) is 0 Å². The molecule has 0 aliphatic heterocycles. The highest BCUT2D eigenvalue weighted by Crippen LogP contribution is 2.28. The van der Waals surface area contributed by atoms with Gasteiger partial charge in [0.15, 0.2) is 0 Å². The summed E-state index contributed by atoms with van der Waals surface area (Å²) >= 11 is 0. The van der Waals surface area contributed by atoms with Crippen LogP contribution in [0.1, 0.15) is 10.4 Å². The van der Waals surface area contributed by atoms with Crippen molar-refractivity contribution >= 4 is 29.1 Å². The largest absolute Gasteiger partial charge is 0.301 e. The van der Waals surface area contributed by atoms with Crippen molar-refractivity contribution in [1.29, 1.82) is 0 Å². The van der Waals surface area contributed by atoms with Crippen molar-refractivity contribution in [3.63, 3.8) is 0 Å². The summed E-state index contributed by atoms with van der Waals surface area (Å²) in [5, 5.41) is 25.1. The minimum atomic E-state index is -0.813. The van der Waals surface area contributed by atoms with Gasteiger partial charge in [-0.25, -0.2) is 4.39 Å². The highest BCUT2D eigenvalue weighted by atomic mass is 19.1. The highest BCUT2D eigenvalue weighted by Gasteiger charge is 2.19. The third-order valence-corrected chi connectivity index (χ3v) is 2.88. The molecule has 0 heterocycles. The summed E-state index contributed by atoms with van der Waals surface area (Å²) in [4.78, 5) is 31.8. The first-order chi connectivity index (χ1) is 11.4. The maximum absolute atomic E-state index is 12.8. The number of benzene rings is 2. The Morgan fingerprint density at radius 3 is 2.33 bits per heavy atom. The molecule has 0 bridgehead atoms. The van der Waals surface area contributed by atoms with Gasteiger partial charge in [0.2, 0.25) is 5.78 Å². The van der Waals surface area contributed by atoms with Gasteiger partial charge in [-0.05, 0) is 30.3 Å². The van der Waals surface area contributed by atoms with Crippen molar-refractivity contribution in [3.05, 3.63) is 74.1 Å². The SMILES string of the molecule is O=C(/C=N/Nc1ccc([N+](=O)[O-])cc1[N+](=O)[O-])c1ccc(F)cc1. The van der Waals surface area contributed by atoms with Crippen LogP contribution in [0.25, 0.3) is 0 Å². The van der Waals surface area contributed by atoms with Gasteiger partial charge < -0.3 is 0 Å². The number of nitrogens with one attached hydrogen (secondary N) is 1. The topological polar surface area (TPSA) is 128 Å². The summed E-state index contributed by atoms with van der Waals surface area (Å²) in [6.45, 7) is 0. The lowest BCUT2D eigenvalue weighted by Crippen LogP contribution is -2.03. The van der Waals surface area contributed by atoms with E-state index in [0.717, 1.165) is 36.5 Å². The van der Waals surface area contributed by atoms with Gasteiger partial charge >= 0.3 is 5.69 Å². The van der Waals surface area contributed by atoms with Gasteiger partial charge in [-0.2, -0.15) is 5.10 Å². The zero-order valence-electron chi connectivity index (χ0n) is 11.9. The van der Waals surface area contributed by atoms with Crippen LogP contribution in [-0.4, -0.2) is 21.8 Å². The Balaban J connectivity index is 2.16. The zero-order valence-corrected chi connectivity index (χ0v) is 11.9. The molecule has 1 N–H and O–H groups in total. The van der Waals surface area contributed by atoms with Crippen molar-refractivity contribution in [2.75, 3.05) is 5.43 Å². The van der Waals surface area contributed by atoms with Crippen LogP contribution in [-0.2, 0) is 0 Å². The Kier molecular flexibility index (Phi) is 4.90. The summed E-state index contributed by atoms with van der Waals surface area (Å²) < 4.78 is 12.8. The number of nitro groups is 2. The van der Waals surface area contributed by atoms with E-state index in [2.05, 4.69) is 10.5 Å². The van der Waals surface area contributed by atoms with Crippen LogP contribution in [0.3, 0.4) is 0 Å². The minimum absolute atomic E-state index is 0.117. The number of carbonyl (C=O) groups excluding carboxylic acids is 1. The van der Waals surface area contributed by atoms with Crippen LogP contribution in [0.4, 0.5) is 21.5 Å². The first-order valence-electron chi connectivity index (χ1n) is 6.40. The molecule has 0 fully saturated rings. The van der Waals surface area contributed by atoms with E-state index >= 15 is 0 Å². The zero-order chi connectivity index (χ0) is 17.7. The number of halogens is 1. The molecule has 0 spiro atoms. The molecule has 0 saturated heterocycles. The normalized spacial score (nSPS) is 10.5. The second-order valence-electron chi connectivity index (χ2n) is 4.46. The molecule has 0 aliphatic rings. The van der Waals surface area contributed by atoms with Crippen LogP contribution < -0.4 is 5.43 Å². The Morgan fingerprint density at radius 2 is 1.75 bits per heavy atom. The monoisotopic (exact) mass is 332 g/mol. The third kappa shape index (κ3) is 3.94. The number of anilines is 1. The fraction of sp³-hybridized carbons (Fsp3) is 0. The summed E-state index contributed by atoms with van der Waals surface area (Å²) in [5.41, 5.74) is 1.34. The van der Waals surface area contributed by atoms with Crippen molar-refractivity contribution < 1.29 is 19.0 Å². The van der Waals surface area contributed by atoms with Gasteiger partial charge in [0.05, 0.1) is 22.1 Å². The summed E-state index contributed by atoms with van der Waals surface area (Å²) in [7, 11) is 0. The summed E-state index contributed by atoms with van der Waals surface area (Å²) in [6, 6.07) is 7.68. The van der Waals surface area contributed by atoms with Crippen LogP contribution in [0, 0.1) is 26.0 Å².